The lowest BCUT2D eigenvalue weighted by Crippen LogP contribution is -2.72. The van der Waals surface area contributed by atoms with Crippen LogP contribution in [-0.4, -0.2) is 56.4 Å². The van der Waals surface area contributed by atoms with E-state index in [1.165, 1.54) is 38.5 Å². The number of guanidine groups is 2. The fourth-order valence-corrected chi connectivity index (χ4v) is 4.40. The third kappa shape index (κ3) is 8.75. The van der Waals surface area contributed by atoms with Gasteiger partial charge in [-0.1, -0.05) is 12.1 Å². The Morgan fingerprint density at radius 3 is 1.94 bits per heavy atom. The molecule has 3 amide bonds. The van der Waals surface area contributed by atoms with E-state index in [0.717, 1.165) is 5.56 Å². The van der Waals surface area contributed by atoms with E-state index in [1.807, 2.05) is 0 Å². The number of methoxy groups -OCH3 is 2. The smallest absolute Gasteiger partial charge is 0.349 e. The van der Waals surface area contributed by atoms with Gasteiger partial charge in [-0.05, 0) is 54.1 Å². The van der Waals surface area contributed by atoms with Gasteiger partial charge in [-0.15, -0.1) is 0 Å². The molecule has 0 saturated carbocycles. The minimum Gasteiger partial charge on any atom is -0.493 e. The number of rotatable bonds is 12. The van der Waals surface area contributed by atoms with Crippen molar-refractivity contribution in [3.05, 3.63) is 93.8 Å². The molecule has 0 aliphatic rings. The van der Waals surface area contributed by atoms with Crippen molar-refractivity contribution in [1.29, 1.82) is 0 Å². The summed E-state index contributed by atoms with van der Waals surface area (Å²) in [5, 5.41) is 8.31. The molecule has 1 heterocycles. The second-order valence-electron chi connectivity index (χ2n) is 10.1. The van der Waals surface area contributed by atoms with Crippen LogP contribution in [0, 0.1) is 0 Å². The van der Waals surface area contributed by atoms with Gasteiger partial charge in [-0.3, -0.25) is 37.3 Å². The first kappa shape index (κ1) is 33.3. The first-order valence-electron chi connectivity index (χ1n) is 14.0. The second kappa shape index (κ2) is 14.9. The number of amides is 3. The van der Waals surface area contributed by atoms with Crippen LogP contribution < -0.4 is 64.0 Å². The summed E-state index contributed by atoms with van der Waals surface area (Å²) < 4.78 is 15.9. The van der Waals surface area contributed by atoms with Gasteiger partial charge < -0.3 is 29.8 Å². The minimum absolute atomic E-state index is 0.0262. The van der Waals surface area contributed by atoms with E-state index in [4.69, 9.17) is 36.8 Å². The van der Waals surface area contributed by atoms with Gasteiger partial charge in [0.15, 0.2) is 11.5 Å². The molecule has 1 aromatic heterocycles. The van der Waals surface area contributed by atoms with Crippen molar-refractivity contribution in [2.75, 3.05) is 20.8 Å². The Morgan fingerprint density at radius 2 is 1.36 bits per heavy atom. The number of fused-ring (bicyclic) bond motifs is 1. The molecule has 0 saturated heterocycles. The zero-order chi connectivity index (χ0) is 34.1. The number of benzene rings is 3. The molecule has 47 heavy (non-hydrogen) atoms. The van der Waals surface area contributed by atoms with E-state index in [2.05, 4.69) is 25.9 Å². The highest BCUT2D eigenvalue weighted by Crippen LogP contribution is 2.31. The minimum atomic E-state index is -1.25. The van der Waals surface area contributed by atoms with Gasteiger partial charge in [-0.2, -0.15) is 0 Å². The van der Waals surface area contributed by atoms with Crippen LogP contribution >= 0.6 is 0 Å². The SMILES string of the molecule is COc1cc2cc(C(=O)NC[C@H](NC(=O)c3ccc([NH+]=C(N)N)cc3)C(=O)NCc3ccc([NH+]=C(N)N)cc3)c(=O)oc2cc1OC. The number of nitrogens with two attached hydrogens (primary N) is 4. The Morgan fingerprint density at radius 1 is 0.787 bits per heavy atom. The van der Waals surface area contributed by atoms with Gasteiger partial charge in [0.1, 0.15) is 17.2 Å². The van der Waals surface area contributed by atoms with Crippen molar-refractivity contribution < 1.29 is 38.3 Å². The Balaban J connectivity index is 1.53. The molecule has 16 nitrogen and oxygen atoms in total. The lowest BCUT2D eigenvalue weighted by Gasteiger charge is -2.19. The quantitative estimate of drug-likeness (QED) is 0.0417. The zero-order valence-electron chi connectivity index (χ0n) is 25.5. The van der Waals surface area contributed by atoms with E-state index in [0.29, 0.717) is 28.3 Å². The first-order chi connectivity index (χ1) is 22.5. The molecule has 0 fully saturated rings. The van der Waals surface area contributed by atoms with Crippen LogP contribution in [0.2, 0.25) is 0 Å². The van der Waals surface area contributed by atoms with E-state index in [9.17, 15) is 19.2 Å². The third-order valence-corrected chi connectivity index (χ3v) is 6.72. The fraction of sp³-hybridized carbons (Fsp3) is 0.161. The van der Waals surface area contributed by atoms with Crippen molar-refractivity contribution in [2.45, 2.75) is 12.6 Å². The molecule has 0 unspecified atom stereocenters. The van der Waals surface area contributed by atoms with Crippen LogP contribution in [0.25, 0.3) is 11.0 Å². The van der Waals surface area contributed by atoms with Gasteiger partial charge >= 0.3 is 17.5 Å². The van der Waals surface area contributed by atoms with Gasteiger partial charge in [0, 0.05) is 30.1 Å². The predicted octanol–water partition coefficient (Wildman–Crippen LogP) is -3.37. The molecule has 244 valence electrons. The van der Waals surface area contributed by atoms with E-state index in [1.54, 1.807) is 42.5 Å². The van der Waals surface area contributed by atoms with Crippen LogP contribution in [0.3, 0.4) is 0 Å². The summed E-state index contributed by atoms with van der Waals surface area (Å²) in [6.45, 7) is -0.273. The molecule has 0 spiro atoms. The predicted molar refractivity (Wildman–Crippen MR) is 172 cm³/mol. The number of nitrogens with one attached hydrogen (secondary N) is 5. The highest BCUT2D eigenvalue weighted by Gasteiger charge is 2.24. The molecule has 13 N–H and O–H groups in total. The van der Waals surface area contributed by atoms with Crippen LogP contribution in [0.4, 0.5) is 11.4 Å². The largest absolute Gasteiger partial charge is 0.493 e. The number of hydrogen-bond donors (Lipinski definition) is 9. The van der Waals surface area contributed by atoms with Crippen molar-refractivity contribution in [3.63, 3.8) is 0 Å². The molecular weight excluding hydrogens is 610 g/mol. The van der Waals surface area contributed by atoms with Crippen molar-refractivity contribution in [3.8, 4) is 11.5 Å². The molecular formula is C31H35N9O7+2. The molecule has 0 aliphatic heterocycles. The molecule has 4 aromatic rings. The Labute approximate surface area is 267 Å². The average Bonchev–Trinajstić information content (AvgIpc) is 3.04. The van der Waals surface area contributed by atoms with E-state index < -0.39 is 29.4 Å². The summed E-state index contributed by atoms with van der Waals surface area (Å²) in [4.78, 5) is 57.8. The summed E-state index contributed by atoms with van der Waals surface area (Å²) in [7, 11) is 2.88. The molecule has 16 heteroatoms. The van der Waals surface area contributed by atoms with E-state index >= 15 is 0 Å². The average molecular weight is 646 g/mol. The maximum Gasteiger partial charge on any atom is 0.349 e. The Bertz CT molecular complexity index is 1900. The summed E-state index contributed by atoms with van der Waals surface area (Å²) in [6.07, 6.45) is 0. The number of carbonyl (C=O) groups excluding carboxylic acids is 3. The molecule has 0 bridgehead atoms. The molecule has 1 atom stereocenters. The lowest BCUT2D eigenvalue weighted by molar-refractivity contribution is -0.356. The highest BCUT2D eigenvalue weighted by molar-refractivity contribution is 5.99. The Kier molecular flexibility index (Phi) is 10.6. The van der Waals surface area contributed by atoms with Crippen LogP contribution in [-0.2, 0) is 11.3 Å². The van der Waals surface area contributed by atoms with Crippen molar-refractivity contribution >= 4 is 52.0 Å². The normalized spacial score (nSPS) is 11.1. The van der Waals surface area contributed by atoms with Crippen molar-refractivity contribution in [2.24, 2.45) is 22.9 Å². The monoisotopic (exact) mass is 645 g/mol. The standard InChI is InChI=1S/C31H33N9O7/c1-45-24-12-18-11-21(29(44)47-23(18)13-25(24)46-2)27(42)37-15-22(40-26(41)17-5-9-20(10-6-17)39-31(34)35)28(43)36-14-16-3-7-19(8-4-16)38-30(32)33/h3-13,22H,14-15H2,1-2H3,(H,36,43)(H,37,42)(H,40,41)(H4,32,33,38)(H4,34,35,39)/p+2/t22-/m0/s1. The van der Waals surface area contributed by atoms with Gasteiger partial charge in [0.05, 0.1) is 25.6 Å². The summed E-state index contributed by atoms with van der Waals surface area (Å²) in [6, 6.07) is 16.2. The maximum atomic E-state index is 13.3. The molecule has 4 rings (SSSR count). The Hall–Kier alpha value is -6.58. The highest BCUT2D eigenvalue weighted by atomic mass is 16.5. The van der Waals surface area contributed by atoms with Gasteiger partial charge in [-0.25, -0.2) is 14.8 Å². The maximum absolute atomic E-state index is 13.3. The molecule has 3 aromatic carbocycles. The molecule has 0 aliphatic carbocycles. The van der Waals surface area contributed by atoms with Crippen molar-refractivity contribution in [1.82, 2.24) is 16.0 Å². The summed E-state index contributed by atoms with van der Waals surface area (Å²) >= 11 is 0. The summed E-state index contributed by atoms with van der Waals surface area (Å²) in [5.74, 6) is -1.33. The van der Waals surface area contributed by atoms with Gasteiger partial charge in [0.25, 0.3) is 11.8 Å². The topological polar surface area (TPSA) is 268 Å². The summed E-state index contributed by atoms with van der Waals surface area (Å²) in [5.41, 5.74) is 22.9. The lowest BCUT2D eigenvalue weighted by atomic mass is 10.1. The fourth-order valence-electron chi connectivity index (χ4n) is 4.40. The molecule has 0 radical (unpaired) electrons. The zero-order valence-corrected chi connectivity index (χ0v) is 25.5. The number of carbonyl (C=O) groups is 3. The van der Waals surface area contributed by atoms with Crippen LogP contribution in [0.1, 0.15) is 26.3 Å². The van der Waals surface area contributed by atoms with Crippen LogP contribution in [0.15, 0.2) is 75.9 Å². The second-order valence-corrected chi connectivity index (χ2v) is 10.1. The first-order valence-corrected chi connectivity index (χ1v) is 14.0. The third-order valence-electron chi connectivity index (χ3n) is 6.72. The van der Waals surface area contributed by atoms with E-state index in [-0.39, 0.29) is 41.7 Å². The number of ether oxygens (including phenoxy) is 2. The van der Waals surface area contributed by atoms with Crippen LogP contribution in [0.5, 0.6) is 11.5 Å². The van der Waals surface area contributed by atoms with Gasteiger partial charge in [0.2, 0.25) is 5.91 Å². The number of hydrogen-bond acceptors (Lipinski definition) is 7.